The van der Waals surface area contributed by atoms with Crippen LogP contribution in [0, 0.1) is 5.82 Å². The SMILES string of the molecule is CCOc1ccc(NC(=O)C(=O)N2CCN(c3ccccc3F)CC2)cc1. The number of nitrogens with zero attached hydrogens (tertiary/aromatic N) is 2. The van der Waals surface area contributed by atoms with Crippen LogP contribution in [-0.2, 0) is 9.59 Å². The molecule has 1 N–H and O–H groups in total. The Labute approximate surface area is 157 Å². The molecule has 2 amide bonds. The molecule has 0 unspecified atom stereocenters. The van der Waals surface area contributed by atoms with E-state index in [9.17, 15) is 14.0 Å². The fourth-order valence-corrected chi connectivity index (χ4v) is 2.99. The molecule has 0 aliphatic carbocycles. The molecule has 0 aromatic heterocycles. The van der Waals surface area contributed by atoms with Gasteiger partial charge in [0.1, 0.15) is 11.6 Å². The maximum atomic E-state index is 13.9. The molecule has 0 saturated carbocycles. The number of nitrogens with one attached hydrogen (secondary N) is 1. The summed E-state index contributed by atoms with van der Waals surface area (Å²) in [6.07, 6.45) is 0. The maximum Gasteiger partial charge on any atom is 0.313 e. The molecule has 6 nitrogen and oxygen atoms in total. The molecule has 27 heavy (non-hydrogen) atoms. The van der Waals surface area contributed by atoms with Crippen molar-refractivity contribution in [2.24, 2.45) is 0 Å². The summed E-state index contributed by atoms with van der Waals surface area (Å²) < 4.78 is 19.2. The van der Waals surface area contributed by atoms with E-state index in [0.717, 1.165) is 0 Å². The number of carbonyl (C=O) groups excluding carboxylic acids is 2. The lowest BCUT2D eigenvalue weighted by atomic mass is 10.2. The first-order valence-electron chi connectivity index (χ1n) is 8.91. The van der Waals surface area contributed by atoms with Crippen molar-refractivity contribution < 1.29 is 18.7 Å². The molecular weight excluding hydrogens is 349 g/mol. The summed E-state index contributed by atoms with van der Waals surface area (Å²) in [5.74, 6) is -0.854. The molecule has 1 saturated heterocycles. The van der Waals surface area contributed by atoms with E-state index in [1.165, 1.54) is 11.0 Å². The number of carbonyl (C=O) groups is 2. The van der Waals surface area contributed by atoms with Crippen molar-refractivity contribution in [1.29, 1.82) is 0 Å². The van der Waals surface area contributed by atoms with Crippen molar-refractivity contribution in [3.05, 3.63) is 54.3 Å². The molecule has 142 valence electrons. The molecule has 2 aromatic rings. The zero-order valence-corrected chi connectivity index (χ0v) is 15.2. The molecular formula is C20H22FN3O3. The van der Waals surface area contributed by atoms with Crippen LogP contribution in [0.3, 0.4) is 0 Å². The third-order valence-corrected chi connectivity index (χ3v) is 4.38. The minimum atomic E-state index is -0.682. The predicted molar refractivity (Wildman–Crippen MR) is 101 cm³/mol. The summed E-state index contributed by atoms with van der Waals surface area (Å²) in [6.45, 7) is 4.13. The summed E-state index contributed by atoms with van der Waals surface area (Å²) in [6, 6.07) is 13.4. The highest BCUT2D eigenvalue weighted by Gasteiger charge is 2.27. The average molecular weight is 371 g/mol. The van der Waals surface area contributed by atoms with Crippen molar-refractivity contribution in [1.82, 2.24) is 4.90 Å². The number of benzene rings is 2. The highest BCUT2D eigenvalue weighted by molar-refractivity contribution is 6.39. The molecule has 1 heterocycles. The molecule has 0 bridgehead atoms. The van der Waals surface area contributed by atoms with E-state index in [1.807, 2.05) is 11.8 Å². The van der Waals surface area contributed by atoms with Gasteiger partial charge in [-0.2, -0.15) is 0 Å². The van der Waals surface area contributed by atoms with Gasteiger partial charge in [0, 0.05) is 31.9 Å². The molecule has 0 spiro atoms. The second-order valence-electron chi connectivity index (χ2n) is 6.14. The van der Waals surface area contributed by atoms with Gasteiger partial charge < -0.3 is 19.9 Å². The van der Waals surface area contributed by atoms with Crippen molar-refractivity contribution in [3.8, 4) is 5.75 Å². The first-order valence-corrected chi connectivity index (χ1v) is 8.91. The Morgan fingerprint density at radius 1 is 1.04 bits per heavy atom. The highest BCUT2D eigenvalue weighted by Crippen LogP contribution is 2.20. The molecule has 3 rings (SSSR count). The number of rotatable bonds is 4. The minimum Gasteiger partial charge on any atom is -0.494 e. The Morgan fingerprint density at radius 3 is 2.33 bits per heavy atom. The number of para-hydroxylation sites is 1. The third-order valence-electron chi connectivity index (χ3n) is 4.38. The van der Waals surface area contributed by atoms with E-state index in [2.05, 4.69) is 5.32 Å². The predicted octanol–water partition coefficient (Wildman–Crippen LogP) is 2.51. The summed E-state index contributed by atoms with van der Waals surface area (Å²) in [5.41, 5.74) is 1.05. The maximum absolute atomic E-state index is 13.9. The van der Waals surface area contributed by atoms with Crippen molar-refractivity contribution >= 4 is 23.2 Å². The van der Waals surface area contributed by atoms with Gasteiger partial charge in [-0.25, -0.2) is 4.39 Å². The smallest absolute Gasteiger partial charge is 0.313 e. The second kappa shape index (κ2) is 8.53. The standard InChI is InChI=1S/C20H22FN3O3/c1-2-27-16-9-7-15(8-10-16)22-19(25)20(26)24-13-11-23(12-14-24)18-6-4-3-5-17(18)21/h3-10H,2,11-14H2,1H3,(H,22,25). The third kappa shape index (κ3) is 4.55. The van der Waals surface area contributed by atoms with E-state index in [0.29, 0.717) is 49.9 Å². The molecule has 1 fully saturated rings. The largest absolute Gasteiger partial charge is 0.494 e. The van der Waals surface area contributed by atoms with Crippen LogP contribution < -0.4 is 15.0 Å². The monoisotopic (exact) mass is 371 g/mol. The Balaban J connectivity index is 1.54. The van der Waals surface area contributed by atoms with Gasteiger partial charge in [0.15, 0.2) is 0 Å². The lowest BCUT2D eigenvalue weighted by Crippen LogP contribution is -2.51. The fraction of sp³-hybridized carbons (Fsp3) is 0.300. The normalized spacial score (nSPS) is 14.0. The van der Waals surface area contributed by atoms with Crippen LogP contribution in [0.2, 0.25) is 0 Å². The van der Waals surface area contributed by atoms with E-state index < -0.39 is 11.8 Å². The van der Waals surface area contributed by atoms with Gasteiger partial charge in [0.05, 0.1) is 12.3 Å². The number of halogens is 1. The van der Waals surface area contributed by atoms with E-state index >= 15 is 0 Å². The Hall–Kier alpha value is -3.09. The summed E-state index contributed by atoms with van der Waals surface area (Å²) in [7, 11) is 0. The molecule has 2 aromatic carbocycles. The molecule has 0 radical (unpaired) electrons. The Bertz CT molecular complexity index is 802. The number of piperazine rings is 1. The zero-order chi connectivity index (χ0) is 19.2. The van der Waals surface area contributed by atoms with E-state index in [1.54, 1.807) is 42.5 Å². The van der Waals surface area contributed by atoms with Crippen LogP contribution in [0.4, 0.5) is 15.8 Å². The topological polar surface area (TPSA) is 61.9 Å². The lowest BCUT2D eigenvalue weighted by molar-refractivity contribution is -0.143. The number of hydrogen-bond donors (Lipinski definition) is 1. The van der Waals surface area contributed by atoms with Crippen LogP contribution in [0.5, 0.6) is 5.75 Å². The van der Waals surface area contributed by atoms with Crippen LogP contribution in [0.1, 0.15) is 6.92 Å². The van der Waals surface area contributed by atoms with Gasteiger partial charge in [0.25, 0.3) is 0 Å². The van der Waals surface area contributed by atoms with Gasteiger partial charge in [-0.3, -0.25) is 9.59 Å². The highest BCUT2D eigenvalue weighted by atomic mass is 19.1. The average Bonchev–Trinajstić information content (AvgIpc) is 2.70. The van der Waals surface area contributed by atoms with Crippen LogP contribution in [0.25, 0.3) is 0 Å². The van der Waals surface area contributed by atoms with E-state index in [4.69, 9.17) is 4.74 Å². The van der Waals surface area contributed by atoms with E-state index in [-0.39, 0.29) is 5.82 Å². The van der Waals surface area contributed by atoms with Gasteiger partial charge in [-0.05, 0) is 43.3 Å². The lowest BCUT2D eigenvalue weighted by Gasteiger charge is -2.35. The molecule has 1 aliphatic rings. The molecule has 1 aliphatic heterocycles. The van der Waals surface area contributed by atoms with Gasteiger partial charge in [0.2, 0.25) is 0 Å². The van der Waals surface area contributed by atoms with Crippen molar-refractivity contribution in [2.75, 3.05) is 43.0 Å². The van der Waals surface area contributed by atoms with Crippen LogP contribution >= 0.6 is 0 Å². The number of amides is 2. The molecule has 7 heteroatoms. The van der Waals surface area contributed by atoms with Gasteiger partial charge >= 0.3 is 11.8 Å². The van der Waals surface area contributed by atoms with Gasteiger partial charge in [-0.15, -0.1) is 0 Å². The van der Waals surface area contributed by atoms with Crippen molar-refractivity contribution in [2.45, 2.75) is 6.92 Å². The van der Waals surface area contributed by atoms with Gasteiger partial charge in [-0.1, -0.05) is 12.1 Å². The zero-order valence-electron chi connectivity index (χ0n) is 15.2. The summed E-state index contributed by atoms with van der Waals surface area (Å²) >= 11 is 0. The number of anilines is 2. The summed E-state index contributed by atoms with van der Waals surface area (Å²) in [5, 5.41) is 2.60. The first kappa shape index (κ1) is 18.7. The molecule has 0 atom stereocenters. The quantitative estimate of drug-likeness (QED) is 0.839. The Morgan fingerprint density at radius 2 is 1.70 bits per heavy atom. The fourth-order valence-electron chi connectivity index (χ4n) is 2.99. The summed E-state index contributed by atoms with van der Waals surface area (Å²) in [4.78, 5) is 28.0. The Kier molecular flexibility index (Phi) is 5.90. The second-order valence-corrected chi connectivity index (χ2v) is 6.14. The first-order chi connectivity index (χ1) is 13.1. The number of ether oxygens (including phenoxy) is 1. The van der Waals surface area contributed by atoms with Crippen LogP contribution in [0.15, 0.2) is 48.5 Å². The van der Waals surface area contributed by atoms with Crippen LogP contribution in [-0.4, -0.2) is 49.5 Å². The number of hydrogen-bond acceptors (Lipinski definition) is 4. The van der Waals surface area contributed by atoms with Crippen molar-refractivity contribution in [3.63, 3.8) is 0 Å². The minimum absolute atomic E-state index is 0.287.